The molecule has 0 bridgehead atoms. The second-order valence-electron chi connectivity index (χ2n) is 4.91. The van der Waals surface area contributed by atoms with Gasteiger partial charge in [0.25, 0.3) is 0 Å². The molecule has 2 unspecified atom stereocenters. The fourth-order valence-corrected chi connectivity index (χ4v) is 4.00. The summed E-state index contributed by atoms with van der Waals surface area (Å²) in [7, 11) is -3.56. The lowest BCUT2D eigenvalue weighted by Gasteiger charge is -2.17. The first-order valence-corrected chi connectivity index (χ1v) is 8.36. The molecule has 0 heterocycles. The molecule has 0 amide bonds. The summed E-state index contributed by atoms with van der Waals surface area (Å²) in [4.78, 5) is 0.0920. The third kappa shape index (κ3) is 3.68. The van der Waals surface area contributed by atoms with Crippen molar-refractivity contribution in [1.82, 2.24) is 4.72 Å². The molecule has 1 aromatic carbocycles. The van der Waals surface area contributed by atoms with Crippen molar-refractivity contribution in [3.05, 3.63) is 30.1 Å². The van der Waals surface area contributed by atoms with Gasteiger partial charge in [0, 0.05) is 12.4 Å². The third-order valence-corrected chi connectivity index (χ3v) is 5.51. The zero-order valence-corrected chi connectivity index (χ0v) is 12.1. The highest BCUT2D eigenvalue weighted by molar-refractivity contribution is 7.89. The molecule has 2 rings (SSSR count). The van der Waals surface area contributed by atoms with E-state index in [1.165, 1.54) is 12.1 Å². The van der Waals surface area contributed by atoms with E-state index in [9.17, 15) is 12.8 Å². The van der Waals surface area contributed by atoms with Gasteiger partial charge in [0.1, 0.15) is 5.82 Å². The summed E-state index contributed by atoms with van der Waals surface area (Å²) in [5.74, 6) is 0.811. The van der Waals surface area contributed by atoms with E-state index in [0.29, 0.717) is 24.3 Å². The minimum absolute atomic E-state index is 0.0920. The Hall–Kier alpha value is -0.650. The lowest BCUT2D eigenvalue weighted by atomic mass is 9.98. The second kappa shape index (κ2) is 6.20. The monoisotopic (exact) mass is 305 g/mol. The van der Waals surface area contributed by atoms with Crippen LogP contribution in [0.1, 0.15) is 19.3 Å². The summed E-state index contributed by atoms with van der Waals surface area (Å²) in [5.41, 5.74) is 0. The highest BCUT2D eigenvalue weighted by Gasteiger charge is 2.27. The van der Waals surface area contributed by atoms with Crippen LogP contribution in [0.25, 0.3) is 0 Å². The largest absolute Gasteiger partial charge is 0.240 e. The first-order chi connectivity index (χ1) is 9.03. The van der Waals surface area contributed by atoms with Crippen molar-refractivity contribution < 1.29 is 12.8 Å². The van der Waals surface area contributed by atoms with E-state index in [4.69, 9.17) is 11.6 Å². The van der Waals surface area contributed by atoms with Crippen LogP contribution in [-0.4, -0.2) is 20.8 Å². The molecular weight excluding hydrogens is 289 g/mol. The van der Waals surface area contributed by atoms with E-state index in [2.05, 4.69) is 4.72 Å². The van der Waals surface area contributed by atoms with Gasteiger partial charge in [-0.05, 0) is 48.9 Å². The number of nitrogens with one attached hydrogen (secondary N) is 1. The highest BCUT2D eigenvalue weighted by atomic mass is 35.5. The Morgan fingerprint density at radius 3 is 2.47 bits per heavy atom. The smallest absolute Gasteiger partial charge is 0.211 e. The van der Waals surface area contributed by atoms with Crippen molar-refractivity contribution in [3.8, 4) is 0 Å². The first kappa shape index (κ1) is 14.8. The van der Waals surface area contributed by atoms with Crippen molar-refractivity contribution in [1.29, 1.82) is 0 Å². The number of alkyl halides is 1. The van der Waals surface area contributed by atoms with Gasteiger partial charge in [-0.3, -0.25) is 0 Å². The van der Waals surface area contributed by atoms with Gasteiger partial charge in [-0.1, -0.05) is 6.42 Å². The van der Waals surface area contributed by atoms with Crippen LogP contribution in [-0.2, 0) is 10.0 Å². The van der Waals surface area contributed by atoms with Crippen molar-refractivity contribution in [3.63, 3.8) is 0 Å². The van der Waals surface area contributed by atoms with Crippen molar-refractivity contribution in [2.45, 2.75) is 24.2 Å². The van der Waals surface area contributed by atoms with Gasteiger partial charge in [0.05, 0.1) is 4.90 Å². The predicted molar refractivity (Wildman–Crippen MR) is 73.1 cm³/mol. The quantitative estimate of drug-likeness (QED) is 0.850. The van der Waals surface area contributed by atoms with Crippen LogP contribution in [0.15, 0.2) is 29.2 Å². The lowest BCUT2D eigenvalue weighted by Crippen LogP contribution is -2.31. The van der Waals surface area contributed by atoms with E-state index in [0.717, 1.165) is 31.4 Å². The fourth-order valence-electron chi connectivity index (χ4n) is 2.50. The molecule has 0 aliphatic heterocycles. The predicted octanol–water partition coefficient (Wildman–Crippen LogP) is 2.76. The molecule has 19 heavy (non-hydrogen) atoms. The Bertz CT molecular complexity index is 518. The molecule has 0 saturated heterocycles. The fraction of sp³-hybridized carbons (Fsp3) is 0.538. The normalized spacial score (nSPS) is 23.7. The number of hydrogen-bond donors (Lipinski definition) is 1. The number of hydrogen-bond acceptors (Lipinski definition) is 2. The van der Waals surface area contributed by atoms with Crippen molar-refractivity contribution in [2.75, 3.05) is 12.4 Å². The Morgan fingerprint density at radius 2 is 1.84 bits per heavy atom. The van der Waals surface area contributed by atoms with Crippen LogP contribution < -0.4 is 4.72 Å². The van der Waals surface area contributed by atoms with E-state index < -0.39 is 15.8 Å². The average molecular weight is 306 g/mol. The van der Waals surface area contributed by atoms with E-state index in [1.54, 1.807) is 0 Å². The van der Waals surface area contributed by atoms with Gasteiger partial charge in [0.15, 0.2) is 0 Å². The van der Waals surface area contributed by atoms with Crippen LogP contribution in [0.4, 0.5) is 4.39 Å². The zero-order chi connectivity index (χ0) is 13.9. The summed E-state index contributed by atoms with van der Waals surface area (Å²) in [6.07, 6.45) is 3.16. The number of halogens is 2. The minimum atomic E-state index is -3.56. The van der Waals surface area contributed by atoms with Crippen molar-refractivity contribution in [2.24, 2.45) is 11.8 Å². The topological polar surface area (TPSA) is 46.2 Å². The van der Waals surface area contributed by atoms with Gasteiger partial charge in [-0.2, -0.15) is 0 Å². The highest BCUT2D eigenvalue weighted by Crippen LogP contribution is 2.32. The molecule has 0 aromatic heterocycles. The molecule has 6 heteroatoms. The van der Waals surface area contributed by atoms with Gasteiger partial charge in [0.2, 0.25) is 10.0 Å². The molecule has 1 aliphatic rings. The molecular formula is C13H17ClFNO2S. The molecule has 3 nitrogen and oxygen atoms in total. The molecule has 1 aromatic rings. The molecule has 1 fully saturated rings. The minimum Gasteiger partial charge on any atom is -0.211 e. The Labute approximate surface area is 118 Å². The number of sulfonamides is 1. The van der Waals surface area contributed by atoms with E-state index in [1.807, 2.05) is 0 Å². The standard InChI is InChI=1S/C13H17ClFNO2S/c14-8-10-2-1-3-11(10)9-16-19(17,18)13-6-4-12(15)5-7-13/h4-7,10-11,16H,1-3,8-9H2. The molecule has 1 aliphatic carbocycles. The molecule has 106 valence electrons. The summed E-state index contributed by atoms with van der Waals surface area (Å²) >= 11 is 5.87. The lowest BCUT2D eigenvalue weighted by molar-refractivity contribution is 0.418. The number of benzene rings is 1. The van der Waals surface area contributed by atoms with Crippen LogP contribution in [0, 0.1) is 17.7 Å². The Morgan fingerprint density at radius 1 is 1.21 bits per heavy atom. The summed E-state index contributed by atoms with van der Waals surface area (Å²) in [6, 6.07) is 4.83. The number of rotatable bonds is 5. The molecule has 1 N–H and O–H groups in total. The average Bonchev–Trinajstić information content (AvgIpc) is 2.84. The van der Waals surface area contributed by atoms with Crippen LogP contribution in [0.3, 0.4) is 0 Å². The van der Waals surface area contributed by atoms with Crippen LogP contribution in [0.2, 0.25) is 0 Å². The summed E-state index contributed by atoms with van der Waals surface area (Å²) in [5, 5.41) is 0. The summed E-state index contributed by atoms with van der Waals surface area (Å²) in [6.45, 7) is 0.400. The molecule has 2 atom stereocenters. The maximum absolute atomic E-state index is 12.8. The van der Waals surface area contributed by atoms with E-state index >= 15 is 0 Å². The van der Waals surface area contributed by atoms with Crippen LogP contribution >= 0.6 is 11.6 Å². The maximum atomic E-state index is 12.8. The molecule has 0 radical (unpaired) electrons. The van der Waals surface area contributed by atoms with E-state index in [-0.39, 0.29) is 4.90 Å². The first-order valence-electron chi connectivity index (χ1n) is 6.34. The molecule has 1 saturated carbocycles. The zero-order valence-electron chi connectivity index (χ0n) is 10.5. The maximum Gasteiger partial charge on any atom is 0.240 e. The van der Waals surface area contributed by atoms with Crippen molar-refractivity contribution >= 4 is 21.6 Å². The third-order valence-electron chi connectivity index (χ3n) is 3.67. The van der Waals surface area contributed by atoms with Crippen LogP contribution in [0.5, 0.6) is 0 Å². The van der Waals surface area contributed by atoms with Gasteiger partial charge < -0.3 is 0 Å². The second-order valence-corrected chi connectivity index (χ2v) is 6.99. The van der Waals surface area contributed by atoms with Gasteiger partial charge in [-0.15, -0.1) is 11.6 Å². The SMILES string of the molecule is O=S(=O)(NCC1CCCC1CCl)c1ccc(F)cc1. The van der Waals surface area contributed by atoms with Gasteiger partial charge in [-0.25, -0.2) is 17.5 Å². The summed E-state index contributed by atoms with van der Waals surface area (Å²) < 4.78 is 39.4. The molecule has 0 spiro atoms. The Kier molecular flexibility index (Phi) is 4.81. The van der Waals surface area contributed by atoms with Gasteiger partial charge >= 0.3 is 0 Å². The Balaban J connectivity index is 2.00.